The van der Waals surface area contributed by atoms with Gasteiger partial charge in [-0.2, -0.15) is 0 Å². The van der Waals surface area contributed by atoms with Gasteiger partial charge in [0.15, 0.2) is 11.6 Å². The number of aromatic nitrogens is 2. The van der Waals surface area contributed by atoms with E-state index in [0.717, 1.165) is 39.1 Å². The molecule has 0 spiro atoms. The molecule has 2 N–H and O–H groups in total. The van der Waals surface area contributed by atoms with Gasteiger partial charge in [-0.3, -0.25) is 0 Å². The van der Waals surface area contributed by atoms with Gasteiger partial charge in [0, 0.05) is 32.7 Å². The number of aryl methyl sites for hydroxylation is 1. The summed E-state index contributed by atoms with van der Waals surface area (Å²) < 4.78 is 14.2. The van der Waals surface area contributed by atoms with Crippen LogP contribution >= 0.6 is 0 Å². The quantitative estimate of drug-likeness (QED) is 0.868. The fraction of sp³-hybridized carbons (Fsp3) is 0.692. The molecule has 19 heavy (non-hydrogen) atoms. The predicted molar refractivity (Wildman–Crippen MR) is 73.7 cm³/mol. The van der Waals surface area contributed by atoms with Crippen molar-refractivity contribution in [3.63, 3.8) is 0 Å². The summed E-state index contributed by atoms with van der Waals surface area (Å²) in [5.74, 6) is 0.179. The Labute approximate surface area is 113 Å². The molecule has 106 valence electrons. The fourth-order valence-corrected chi connectivity index (χ4v) is 2.45. The van der Waals surface area contributed by atoms with Gasteiger partial charge in [-0.15, -0.1) is 0 Å². The average Bonchev–Trinajstić information content (AvgIpc) is 2.65. The van der Waals surface area contributed by atoms with E-state index in [4.69, 9.17) is 5.73 Å². The van der Waals surface area contributed by atoms with Gasteiger partial charge >= 0.3 is 0 Å². The minimum absolute atomic E-state index is 0.266. The summed E-state index contributed by atoms with van der Waals surface area (Å²) in [6.07, 6.45) is 3.05. The van der Waals surface area contributed by atoms with Crippen LogP contribution in [0.15, 0.2) is 6.33 Å². The van der Waals surface area contributed by atoms with Gasteiger partial charge < -0.3 is 15.5 Å². The molecule has 0 unspecified atom stereocenters. The van der Waals surface area contributed by atoms with Crippen LogP contribution in [-0.2, 0) is 6.42 Å². The number of hydrogen-bond acceptors (Lipinski definition) is 5. The van der Waals surface area contributed by atoms with Gasteiger partial charge in [-0.1, -0.05) is 6.92 Å². The summed E-state index contributed by atoms with van der Waals surface area (Å²) in [6, 6.07) is 0. The van der Waals surface area contributed by atoms with Crippen LogP contribution in [0.4, 0.5) is 10.2 Å². The normalized spacial score (nSPS) is 17.5. The molecule has 0 atom stereocenters. The third kappa shape index (κ3) is 3.39. The Morgan fingerprint density at radius 1 is 1.26 bits per heavy atom. The van der Waals surface area contributed by atoms with Crippen molar-refractivity contribution in [2.45, 2.75) is 19.8 Å². The second-order valence-corrected chi connectivity index (χ2v) is 4.78. The summed E-state index contributed by atoms with van der Waals surface area (Å²) in [7, 11) is 0. The molecule has 2 rings (SSSR count). The lowest BCUT2D eigenvalue weighted by atomic mass is 10.3. The molecule has 2 heterocycles. The minimum Gasteiger partial charge on any atom is -0.353 e. The Bertz CT molecular complexity index is 412. The van der Waals surface area contributed by atoms with Crippen LogP contribution in [0.1, 0.15) is 19.0 Å². The first-order valence-electron chi connectivity index (χ1n) is 6.93. The van der Waals surface area contributed by atoms with Crippen LogP contribution in [0.3, 0.4) is 0 Å². The second-order valence-electron chi connectivity index (χ2n) is 4.78. The molecule has 1 aliphatic rings. The zero-order chi connectivity index (χ0) is 13.7. The Balaban J connectivity index is 2.10. The Hall–Kier alpha value is -1.27. The molecule has 1 aromatic rings. The minimum atomic E-state index is -0.266. The van der Waals surface area contributed by atoms with E-state index < -0.39 is 0 Å². The number of anilines is 1. The average molecular weight is 267 g/mol. The van der Waals surface area contributed by atoms with Crippen molar-refractivity contribution in [1.29, 1.82) is 0 Å². The van der Waals surface area contributed by atoms with Gasteiger partial charge in [0.1, 0.15) is 6.33 Å². The van der Waals surface area contributed by atoms with Crippen molar-refractivity contribution < 1.29 is 4.39 Å². The zero-order valence-electron chi connectivity index (χ0n) is 11.5. The van der Waals surface area contributed by atoms with Gasteiger partial charge in [0.25, 0.3) is 0 Å². The third-order valence-electron chi connectivity index (χ3n) is 3.51. The molecular formula is C13H22FN5. The SMILES string of the molecule is CCc1ncnc(N2CCCN(CCN)CC2)c1F. The van der Waals surface area contributed by atoms with Gasteiger partial charge in [-0.05, 0) is 19.4 Å². The van der Waals surface area contributed by atoms with Crippen molar-refractivity contribution in [1.82, 2.24) is 14.9 Å². The summed E-state index contributed by atoms with van der Waals surface area (Å²) >= 11 is 0. The molecule has 0 aliphatic carbocycles. The molecular weight excluding hydrogens is 245 g/mol. The molecule has 1 saturated heterocycles. The van der Waals surface area contributed by atoms with Crippen LogP contribution in [0.5, 0.6) is 0 Å². The number of nitrogens with two attached hydrogens (primary N) is 1. The highest BCUT2D eigenvalue weighted by atomic mass is 19.1. The van der Waals surface area contributed by atoms with Crippen LogP contribution in [0, 0.1) is 5.82 Å². The molecule has 5 nitrogen and oxygen atoms in total. The molecule has 6 heteroatoms. The van der Waals surface area contributed by atoms with E-state index in [9.17, 15) is 4.39 Å². The zero-order valence-corrected chi connectivity index (χ0v) is 11.5. The van der Waals surface area contributed by atoms with Crippen LogP contribution in [-0.4, -0.2) is 54.1 Å². The first kappa shape index (κ1) is 14.1. The lowest BCUT2D eigenvalue weighted by molar-refractivity contribution is 0.302. The number of rotatable bonds is 4. The lowest BCUT2D eigenvalue weighted by Crippen LogP contribution is -2.34. The molecule has 0 bridgehead atoms. The van der Waals surface area contributed by atoms with E-state index in [0.29, 0.717) is 24.5 Å². The largest absolute Gasteiger partial charge is 0.353 e. The van der Waals surface area contributed by atoms with Crippen molar-refractivity contribution in [2.75, 3.05) is 44.2 Å². The molecule has 0 saturated carbocycles. The smallest absolute Gasteiger partial charge is 0.187 e. The predicted octanol–water partition coefficient (Wildman–Crippen LogP) is 0.649. The highest BCUT2D eigenvalue weighted by molar-refractivity contribution is 5.41. The van der Waals surface area contributed by atoms with E-state index in [1.807, 2.05) is 11.8 Å². The van der Waals surface area contributed by atoms with Crippen LogP contribution in [0.2, 0.25) is 0 Å². The summed E-state index contributed by atoms with van der Waals surface area (Å²) in [5.41, 5.74) is 6.08. The third-order valence-corrected chi connectivity index (χ3v) is 3.51. The van der Waals surface area contributed by atoms with Crippen molar-refractivity contribution in [3.05, 3.63) is 17.8 Å². The van der Waals surface area contributed by atoms with E-state index in [1.54, 1.807) is 0 Å². The number of halogens is 1. The maximum atomic E-state index is 14.2. The van der Waals surface area contributed by atoms with E-state index >= 15 is 0 Å². The first-order valence-corrected chi connectivity index (χ1v) is 6.93. The molecule has 1 aliphatic heterocycles. The molecule has 0 aromatic carbocycles. The van der Waals surface area contributed by atoms with Gasteiger partial charge in [0.2, 0.25) is 0 Å². The highest BCUT2D eigenvalue weighted by Gasteiger charge is 2.20. The first-order chi connectivity index (χ1) is 9.26. The van der Waals surface area contributed by atoms with E-state index in [1.165, 1.54) is 6.33 Å². The topological polar surface area (TPSA) is 58.3 Å². The van der Waals surface area contributed by atoms with Crippen LogP contribution in [0.25, 0.3) is 0 Å². The Kier molecular flexibility index (Phi) is 5.04. The van der Waals surface area contributed by atoms with E-state index in [-0.39, 0.29) is 5.82 Å². The standard InChI is InChI=1S/C13H22FN5/c1-2-11-12(14)13(17-10-16-11)19-6-3-5-18(7-4-15)8-9-19/h10H,2-9,15H2,1H3. The highest BCUT2D eigenvalue weighted by Crippen LogP contribution is 2.19. The summed E-state index contributed by atoms with van der Waals surface area (Å²) in [5, 5.41) is 0. The van der Waals surface area contributed by atoms with Crippen LogP contribution < -0.4 is 10.6 Å². The van der Waals surface area contributed by atoms with Crippen molar-refractivity contribution >= 4 is 5.82 Å². The monoisotopic (exact) mass is 267 g/mol. The Morgan fingerprint density at radius 2 is 2.11 bits per heavy atom. The molecule has 1 aromatic heterocycles. The van der Waals surface area contributed by atoms with Crippen molar-refractivity contribution in [2.24, 2.45) is 5.73 Å². The van der Waals surface area contributed by atoms with Crippen molar-refractivity contribution in [3.8, 4) is 0 Å². The summed E-state index contributed by atoms with van der Waals surface area (Å²) in [6.45, 7) is 7.02. The maximum absolute atomic E-state index is 14.2. The Morgan fingerprint density at radius 3 is 2.84 bits per heavy atom. The number of hydrogen-bond donors (Lipinski definition) is 1. The summed E-state index contributed by atoms with van der Waals surface area (Å²) in [4.78, 5) is 12.4. The lowest BCUT2D eigenvalue weighted by Gasteiger charge is -2.23. The number of nitrogens with zero attached hydrogens (tertiary/aromatic N) is 4. The van der Waals surface area contributed by atoms with Gasteiger partial charge in [0.05, 0.1) is 5.69 Å². The fourth-order valence-electron chi connectivity index (χ4n) is 2.45. The van der Waals surface area contributed by atoms with E-state index in [2.05, 4.69) is 14.9 Å². The molecule has 0 radical (unpaired) electrons. The molecule has 0 amide bonds. The molecule has 1 fully saturated rings. The van der Waals surface area contributed by atoms with Gasteiger partial charge in [-0.25, -0.2) is 14.4 Å². The second kappa shape index (κ2) is 6.77. The maximum Gasteiger partial charge on any atom is 0.187 e.